The number of nitrogens with zero attached hydrogens (tertiary/aromatic N) is 1. The topological polar surface area (TPSA) is 48.4 Å². The third-order valence-corrected chi connectivity index (χ3v) is 2.79. The Morgan fingerprint density at radius 1 is 1.39 bits per heavy atom. The second kappa shape index (κ2) is 7.69. The van der Waals surface area contributed by atoms with Gasteiger partial charge >= 0.3 is 5.97 Å². The summed E-state index contributed by atoms with van der Waals surface area (Å²) in [6.07, 6.45) is 4.54. The minimum Gasteiger partial charge on any atom is -0.481 e. The number of hydrogen-bond donors (Lipinski definition) is 0. The van der Waals surface area contributed by atoms with Gasteiger partial charge in [0.05, 0.1) is 19.6 Å². The Kier molecular flexibility index (Phi) is 6.19. The molecule has 0 radical (unpaired) electrons. The Morgan fingerprint density at radius 2 is 2.17 bits per heavy atom. The lowest BCUT2D eigenvalue weighted by atomic mass is 9.95. The number of aromatic nitrogens is 1. The van der Waals surface area contributed by atoms with Crippen LogP contribution in [0.3, 0.4) is 0 Å². The number of ether oxygens (including phenoxy) is 2. The average Bonchev–Trinajstić information content (AvgIpc) is 2.40. The van der Waals surface area contributed by atoms with E-state index in [0.29, 0.717) is 12.5 Å². The lowest BCUT2D eigenvalue weighted by molar-refractivity contribution is -0.145. The van der Waals surface area contributed by atoms with Gasteiger partial charge in [0, 0.05) is 12.3 Å². The summed E-state index contributed by atoms with van der Waals surface area (Å²) in [4.78, 5) is 16.1. The van der Waals surface area contributed by atoms with E-state index in [9.17, 15) is 4.79 Å². The molecule has 4 nitrogen and oxygen atoms in total. The largest absolute Gasteiger partial charge is 0.481 e. The number of esters is 1. The van der Waals surface area contributed by atoms with Crippen LogP contribution in [0.2, 0.25) is 0 Å². The molecule has 0 N–H and O–H groups in total. The fourth-order valence-electron chi connectivity index (χ4n) is 1.79. The molecule has 0 aromatic carbocycles. The number of methoxy groups -OCH3 is 1. The number of carbonyl (C=O) groups excluding carboxylic acids is 1. The highest BCUT2D eigenvalue weighted by molar-refractivity contribution is 5.78. The molecule has 0 aliphatic carbocycles. The summed E-state index contributed by atoms with van der Waals surface area (Å²) >= 11 is 0. The molecule has 1 aromatic rings. The van der Waals surface area contributed by atoms with Crippen molar-refractivity contribution in [1.82, 2.24) is 4.98 Å². The molecule has 0 aliphatic rings. The summed E-state index contributed by atoms with van der Waals surface area (Å²) < 4.78 is 10.1. The minimum absolute atomic E-state index is 0.169. The molecule has 0 unspecified atom stereocenters. The highest BCUT2D eigenvalue weighted by atomic mass is 16.5. The van der Waals surface area contributed by atoms with Gasteiger partial charge < -0.3 is 9.47 Å². The zero-order valence-corrected chi connectivity index (χ0v) is 11.3. The smallest absolute Gasteiger partial charge is 0.313 e. The van der Waals surface area contributed by atoms with Crippen molar-refractivity contribution in [3.05, 3.63) is 23.9 Å². The second-order valence-corrected chi connectivity index (χ2v) is 4.08. The Balaban J connectivity index is 2.82. The SMILES string of the molecule is CCCC[C@@H](C(=O)OCC)c1ccc(OC)nc1. The molecule has 1 heterocycles. The Bertz CT molecular complexity index is 362. The zero-order valence-electron chi connectivity index (χ0n) is 11.3. The maximum atomic E-state index is 11.9. The van der Waals surface area contributed by atoms with E-state index < -0.39 is 0 Å². The summed E-state index contributed by atoms with van der Waals surface area (Å²) in [6, 6.07) is 3.65. The Morgan fingerprint density at radius 3 is 2.67 bits per heavy atom. The van der Waals surface area contributed by atoms with Crippen LogP contribution in [0.4, 0.5) is 0 Å². The summed E-state index contributed by atoms with van der Waals surface area (Å²) in [5.74, 6) is 0.165. The van der Waals surface area contributed by atoms with Crippen LogP contribution in [-0.4, -0.2) is 24.7 Å². The minimum atomic E-state index is -0.219. The van der Waals surface area contributed by atoms with E-state index in [1.807, 2.05) is 13.0 Å². The van der Waals surface area contributed by atoms with Crippen molar-refractivity contribution in [3.8, 4) is 5.88 Å². The monoisotopic (exact) mass is 251 g/mol. The molecule has 0 saturated carbocycles. The number of unbranched alkanes of at least 4 members (excludes halogenated alkanes) is 1. The van der Waals surface area contributed by atoms with Crippen molar-refractivity contribution >= 4 is 5.97 Å². The van der Waals surface area contributed by atoms with Gasteiger partial charge in [-0.25, -0.2) is 4.98 Å². The first kappa shape index (κ1) is 14.5. The van der Waals surface area contributed by atoms with E-state index >= 15 is 0 Å². The Labute approximate surface area is 108 Å². The molecule has 1 atom stereocenters. The van der Waals surface area contributed by atoms with Crippen molar-refractivity contribution in [2.24, 2.45) is 0 Å². The highest BCUT2D eigenvalue weighted by Crippen LogP contribution is 2.24. The number of pyridine rings is 1. The van der Waals surface area contributed by atoms with Gasteiger partial charge in [-0.15, -0.1) is 0 Å². The molecule has 0 aliphatic heterocycles. The summed E-state index contributed by atoms with van der Waals surface area (Å²) in [6.45, 7) is 4.33. The molecule has 0 spiro atoms. The van der Waals surface area contributed by atoms with E-state index in [0.717, 1.165) is 24.8 Å². The molecule has 0 bridgehead atoms. The number of hydrogen-bond acceptors (Lipinski definition) is 4. The molecule has 18 heavy (non-hydrogen) atoms. The van der Waals surface area contributed by atoms with Crippen molar-refractivity contribution in [2.45, 2.75) is 39.0 Å². The molecule has 100 valence electrons. The molecular weight excluding hydrogens is 230 g/mol. The van der Waals surface area contributed by atoms with Gasteiger partial charge in [-0.1, -0.05) is 25.8 Å². The van der Waals surface area contributed by atoms with Crippen LogP contribution in [0.1, 0.15) is 44.6 Å². The third-order valence-electron chi connectivity index (χ3n) is 2.79. The third kappa shape index (κ3) is 4.02. The summed E-state index contributed by atoms with van der Waals surface area (Å²) in [5, 5.41) is 0. The first-order chi connectivity index (χ1) is 8.72. The standard InChI is InChI=1S/C14H21NO3/c1-4-6-7-12(14(16)18-5-2)11-8-9-13(17-3)15-10-11/h8-10,12H,4-7H2,1-3H3/t12-/m1/s1. The van der Waals surface area contributed by atoms with Gasteiger partial charge in [0.2, 0.25) is 5.88 Å². The first-order valence-corrected chi connectivity index (χ1v) is 6.39. The quantitative estimate of drug-likeness (QED) is 0.699. The van der Waals surface area contributed by atoms with Crippen LogP contribution >= 0.6 is 0 Å². The zero-order chi connectivity index (χ0) is 13.4. The van der Waals surface area contributed by atoms with Gasteiger partial charge in [0.15, 0.2) is 0 Å². The van der Waals surface area contributed by atoms with Crippen LogP contribution in [0, 0.1) is 0 Å². The molecule has 4 heteroatoms. The molecule has 0 fully saturated rings. The van der Waals surface area contributed by atoms with Crippen LogP contribution in [0.15, 0.2) is 18.3 Å². The van der Waals surface area contributed by atoms with Crippen LogP contribution in [0.25, 0.3) is 0 Å². The van der Waals surface area contributed by atoms with Crippen molar-refractivity contribution in [3.63, 3.8) is 0 Å². The van der Waals surface area contributed by atoms with E-state index in [1.54, 1.807) is 19.4 Å². The number of carbonyl (C=O) groups is 1. The predicted octanol–water partition coefficient (Wildman–Crippen LogP) is 2.93. The molecular formula is C14H21NO3. The summed E-state index contributed by atoms with van der Waals surface area (Å²) in [5.41, 5.74) is 0.891. The van der Waals surface area contributed by atoms with E-state index in [4.69, 9.17) is 9.47 Å². The van der Waals surface area contributed by atoms with Gasteiger partial charge in [-0.05, 0) is 18.9 Å². The summed E-state index contributed by atoms with van der Waals surface area (Å²) in [7, 11) is 1.57. The van der Waals surface area contributed by atoms with Crippen molar-refractivity contribution in [2.75, 3.05) is 13.7 Å². The maximum Gasteiger partial charge on any atom is 0.313 e. The average molecular weight is 251 g/mol. The molecule has 1 rings (SSSR count). The molecule has 0 amide bonds. The van der Waals surface area contributed by atoms with E-state index in [-0.39, 0.29) is 11.9 Å². The fourth-order valence-corrected chi connectivity index (χ4v) is 1.79. The highest BCUT2D eigenvalue weighted by Gasteiger charge is 2.21. The lowest BCUT2D eigenvalue weighted by Gasteiger charge is -2.15. The molecule has 1 aromatic heterocycles. The van der Waals surface area contributed by atoms with Gasteiger partial charge in [0.25, 0.3) is 0 Å². The lowest BCUT2D eigenvalue weighted by Crippen LogP contribution is -2.16. The van der Waals surface area contributed by atoms with E-state index in [1.165, 1.54) is 0 Å². The van der Waals surface area contributed by atoms with Gasteiger partial charge in [-0.2, -0.15) is 0 Å². The van der Waals surface area contributed by atoms with Crippen LogP contribution < -0.4 is 4.74 Å². The normalized spacial score (nSPS) is 11.9. The van der Waals surface area contributed by atoms with E-state index in [2.05, 4.69) is 11.9 Å². The van der Waals surface area contributed by atoms with Crippen molar-refractivity contribution in [1.29, 1.82) is 0 Å². The van der Waals surface area contributed by atoms with Gasteiger partial charge in [0.1, 0.15) is 0 Å². The first-order valence-electron chi connectivity index (χ1n) is 6.39. The van der Waals surface area contributed by atoms with Gasteiger partial charge in [-0.3, -0.25) is 4.79 Å². The molecule has 0 saturated heterocycles. The van der Waals surface area contributed by atoms with Crippen LogP contribution in [-0.2, 0) is 9.53 Å². The Hall–Kier alpha value is -1.58. The van der Waals surface area contributed by atoms with Crippen LogP contribution in [0.5, 0.6) is 5.88 Å². The number of rotatable bonds is 7. The predicted molar refractivity (Wildman–Crippen MR) is 69.7 cm³/mol. The maximum absolute atomic E-state index is 11.9. The fraction of sp³-hybridized carbons (Fsp3) is 0.571. The van der Waals surface area contributed by atoms with Crippen molar-refractivity contribution < 1.29 is 14.3 Å². The second-order valence-electron chi connectivity index (χ2n) is 4.08.